The van der Waals surface area contributed by atoms with Crippen molar-refractivity contribution in [3.05, 3.63) is 117 Å². The van der Waals surface area contributed by atoms with Crippen LogP contribution in [0.2, 0.25) is 13.1 Å². The molecule has 5 aromatic rings. The fourth-order valence-electron chi connectivity index (χ4n) is 11.5. The molecule has 2 heteroatoms. The van der Waals surface area contributed by atoms with Gasteiger partial charge in [-0.05, 0) is 264 Å². The summed E-state index contributed by atoms with van der Waals surface area (Å²) in [6.07, 6.45) is 0. The van der Waals surface area contributed by atoms with Crippen molar-refractivity contribution in [2.45, 2.75) is 157 Å². The zero-order valence-electron chi connectivity index (χ0n) is 37.5. The lowest BCUT2D eigenvalue weighted by molar-refractivity contribution is 0.970. The minimum absolute atomic E-state index is 0.384. The van der Waals surface area contributed by atoms with Crippen LogP contribution in [-0.2, 0) is 0 Å². The van der Waals surface area contributed by atoms with E-state index in [-0.39, 0.29) is 0 Å². The summed E-state index contributed by atoms with van der Waals surface area (Å²) < 4.78 is 2.63. The van der Waals surface area contributed by atoms with Crippen molar-refractivity contribution >= 4 is 40.5 Å². The topological polar surface area (TPSA) is 4.93 Å². The third-order valence-electron chi connectivity index (χ3n) is 15.5. The maximum Gasteiger partial charge on any atom is 0.113 e. The standard InChI is InChI=1S/C51H67NSi/c1-23-24(2)28(6)45-41(19)46(40(18)44(45)27(23)5)43-30(8)35(13)50(36(14)31(43)9)53(21,22)51-37(15)33(11)48(34(12)38(51)16)52-42(20)39(17)47-29(7)25(3)26(4)32(10)49(47)52/h40H,1-22H3. The van der Waals surface area contributed by atoms with Crippen LogP contribution in [0.25, 0.3) is 27.7 Å². The highest BCUT2D eigenvalue weighted by atomic mass is 28.3. The molecule has 53 heavy (non-hydrogen) atoms. The van der Waals surface area contributed by atoms with Gasteiger partial charge in [0.2, 0.25) is 0 Å². The molecule has 4 aromatic carbocycles. The predicted molar refractivity (Wildman–Crippen MR) is 239 cm³/mol. The van der Waals surface area contributed by atoms with E-state index in [9.17, 15) is 0 Å². The Balaban J connectivity index is 1.60. The van der Waals surface area contributed by atoms with Gasteiger partial charge < -0.3 is 4.57 Å². The Kier molecular flexibility index (Phi) is 9.38. The van der Waals surface area contributed by atoms with Crippen LogP contribution in [0.3, 0.4) is 0 Å². The SMILES string of the molecule is CC1=C(c2c(C)c(C)c([Si](C)(C)c3c(C)c(C)c(-n4c(C)c(C)c5c(C)c(C)c(C)c(C)c54)c(C)c3C)c(C)c2C)C(C)c2c(C)c(C)c(C)c(C)c21. The van der Waals surface area contributed by atoms with Crippen molar-refractivity contribution in [2.24, 2.45) is 0 Å². The molecule has 1 nitrogen and oxygen atoms in total. The molecule has 0 N–H and O–H groups in total. The highest BCUT2D eigenvalue weighted by Gasteiger charge is 2.38. The Labute approximate surface area is 324 Å². The smallest absolute Gasteiger partial charge is 0.113 e. The number of aromatic nitrogens is 1. The van der Waals surface area contributed by atoms with E-state index in [1.54, 1.807) is 21.5 Å². The number of allylic oxidation sites excluding steroid dienone is 2. The highest BCUT2D eigenvalue weighted by molar-refractivity contribution is 7.01. The molecule has 0 radical (unpaired) electrons. The fourth-order valence-corrected chi connectivity index (χ4v) is 16.3. The molecule has 0 spiro atoms. The van der Waals surface area contributed by atoms with Gasteiger partial charge in [0.15, 0.2) is 0 Å². The largest absolute Gasteiger partial charge is 0.313 e. The normalized spacial score (nSPS) is 14.7. The summed E-state index contributed by atoms with van der Waals surface area (Å²) in [5, 5.41) is 4.69. The fraction of sp³-hybridized carbons (Fsp3) is 0.451. The maximum absolute atomic E-state index is 2.63. The average Bonchev–Trinajstić information content (AvgIpc) is 3.51. The first-order valence-electron chi connectivity index (χ1n) is 20.1. The van der Waals surface area contributed by atoms with Crippen molar-refractivity contribution < 1.29 is 0 Å². The van der Waals surface area contributed by atoms with Gasteiger partial charge in [-0.1, -0.05) is 20.0 Å². The van der Waals surface area contributed by atoms with E-state index in [1.165, 1.54) is 134 Å². The molecule has 0 amide bonds. The number of hydrogen-bond donors (Lipinski definition) is 0. The summed E-state index contributed by atoms with van der Waals surface area (Å²) in [5.41, 5.74) is 36.4. The third-order valence-corrected chi connectivity index (χ3v) is 19.5. The van der Waals surface area contributed by atoms with Crippen LogP contribution in [0.4, 0.5) is 0 Å². The Morgan fingerprint density at radius 1 is 0.396 bits per heavy atom. The summed E-state index contributed by atoms with van der Waals surface area (Å²) in [5.74, 6) is 0.384. The van der Waals surface area contributed by atoms with Crippen LogP contribution in [0.15, 0.2) is 0 Å². The molecular formula is C51H67NSi. The molecule has 1 aliphatic carbocycles. The average molecular weight is 722 g/mol. The Bertz CT molecular complexity index is 2450. The highest BCUT2D eigenvalue weighted by Crippen LogP contribution is 2.52. The second-order valence-electron chi connectivity index (χ2n) is 17.9. The van der Waals surface area contributed by atoms with E-state index in [0.29, 0.717) is 5.92 Å². The summed E-state index contributed by atoms with van der Waals surface area (Å²) >= 11 is 0. The minimum atomic E-state index is -2.20. The second-order valence-corrected chi connectivity index (χ2v) is 22.2. The molecule has 0 bridgehead atoms. The van der Waals surface area contributed by atoms with Gasteiger partial charge >= 0.3 is 0 Å². The third kappa shape index (κ3) is 4.99. The van der Waals surface area contributed by atoms with E-state index in [1.807, 2.05) is 0 Å². The predicted octanol–water partition coefficient (Wildman–Crippen LogP) is 13.1. The van der Waals surface area contributed by atoms with Gasteiger partial charge in [-0.25, -0.2) is 0 Å². The molecule has 1 aliphatic rings. The first-order chi connectivity index (χ1) is 24.5. The van der Waals surface area contributed by atoms with Gasteiger partial charge in [0, 0.05) is 17.0 Å². The van der Waals surface area contributed by atoms with Crippen LogP contribution < -0.4 is 10.4 Å². The molecule has 1 heterocycles. The number of aryl methyl sites for hydroxylation is 3. The lowest BCUT2D eigenvalue weighted by Crippen LogP contribution is -2.58. The molecule has 6 rings (SSSR count). The molecule has 0 aliphatic heterocycles. The molecule has 0 saturated carbocycles. The molecular weight excluding hydrogens is 655 g/mol. The van der Waals surface area contributed by atoms with Gasteiger partial charge in [0.1, 0.15) is 8.07 Å². The first-order valence-corrected chi connectivity index (χ1v) is 23.1. The van der Waals surface area contributed by atoms with Crippen LogP contribution >= 0.6 is 0 Å². The number of nitrogens with zero attached hydrogens (tertiary/aromatic N) is 1. The summed E-state index contributed by atoms with van der Waals surface area (Å²) in [6, 6.07) is 0. The summed E-state index contributed by atoms with van der Waals surface area (Å²) in [4.78, 5) is 0. The Morgan fingerprint density at radius 3 is 1.28 bits per heavy atom. The molecule has 1 unspecified atom stereocenters. The monoisotopic (exact) mass is 722 g/mol. The Morgan fingerprint density at radius 2 is 0.792 bits per heavy atom. The number of hydrogen-bond acceptors (Lipinski definition) is 0. The van der Waals surface area contributed by atoms with Crippen LogP contribution in [0, 0.1) is 125 Å². The molecule has 0 fully saturated rings. The quantitative estimate of drug-likeness (QED) is 0.163. The van der Waals surface area contributed by atoms with Gasteiger partial charge in [0.25, 0.3) is 0 Å². The van der Waals surface area contributed by atoms with Crippen LogP contribution in [0.5, 0.6) is 0 Å². The lowest BCUT2D eigenvalue weighted by Gasteiger charge is -2.36. The summed E-state index contributed by atoms with van der Waals surface area (Å²) in [6.45, 7) is 52.8. The van der Waals surface area contributed by atoms with Crippen molar-refractivity contribution in [1.29, 1.82) is 0 Å². The van der Waals surface area contributed by atoms with E-state index in [2.05, 4.69) is 156 Å². The minimum Gasteiger partial charge on any atom is -0.313 e. The van der Waals surface area contributed by atoms with Crippen molar-refractivity contribution in [1.82, 2.24) is 4.57 Å². The van der Waals surface area contributed by atoms with E-state index < -0.39 is 8.07 Å². The lowest BCUT2D eigenvalue weighted by atomic mass is 9.82. The van der Waals surface area contributed by atoms with E-state index in [0.717, 1.165) is 0 Å². The van der Waals surface area contributed by atoms with E-state index >= 15 is 0 Å². The van der Waals surface area contributed by atoms with Crippen molar-refractivity contribution in [2.75, 3.05) is 0 Å². The summed E-state index contributed by atoms with van der Waals surface area (Å²) in [7, 11) is -2.20. The molecule has 280 valence electrons. The van der Waals surface area contributed by atoms with Crippen molar-refractivity contribution in [3.8, 4) is 5.69 Å². The zero-order valence-corrected chi connectivity index (χ0v) is 38.5. The van der Waals surface area contributed by atoms with Gasteiger partial charge in [-0.3, -0.25) is 0 Å². The van der Waals surface area contributed by atoms with Gasteiger partial charge in [-0.2, -0.15) is 0 Å². The van der Waals surface area contributed by atoms with Gasteiger partial charge in [0.05, 0.1) is 11.2 Å². The number of rotatable bonds is 4. The Hall–Kier alpha value is -3.62. The maximum atomic E-state index is 2.63. The zero-order chi connectivity index (χ0) is 39.8. The number of fused-ring (bicyclic) bond motifs is 2. The molecule has 1 aromatic heterocycles. The van der Waals surface area contributed by atoms with Crippen molar-refractivity contribution in [3.63, 3.8) is 0 Å². The van der Waals surface area contributed by atoms with E-state index in [4.69, 9.17) is 0 Å². The molecule has 1 atom stereocenters. The number of benzene rings is 4. The second kappa shape index (κ2) is 12.7. The first kappa shape index (κ1) is 39.1. The van der Waals surface area contributed by atoms with Crippen LogP contribution in [0.1, 0.15) is 137 Å². The van der Waals surface area contributed by atoms with Gasteiger partial charge in [-0.15, -0.1) is 0 Å². The van der Waals surface area contributed by atoms with Crippen LogP contribution in [-0.4, -0.2) is 12.6 Å². The molecule has 0 saturated heterocycles.